The van der Waals surface area contributed by atoms with Crippen molar-refractivity contribution in [2.75, 3.05) is 6.54 Å². The summed E-state index contributed by atoms with van der Waals surface area (Å²) in [5.41, 5.74) is 2.19. The van der Waals surface area contributed by atoms with Gasteiger partial charge in [0.15, 0.2) is 0 Å². The summed E-state index contributed by atoms with van der Waals surface area (Å²) in [4.78, 5) is 33.2. The summed E-state index contributed by atoms with van der Waals surface area (Å²) in [5, 5.41) is 0. The number of carbonyl (C=O) groups excluding carboxylic acids is 1. The third-order valence-electron chi connectivity index (χ3n) is 5.48. The van der Waals surface area contributed by atoms with E-state index in [-0.39, 0.29) is 22.9 Å². The Hall–Kier alpha value is -2.97. The van der Waals surface area contributed by atoms with Crippen molar-refractivity contribution in [1.29, 1.82) is 0 Å². The molecule has 4 rings (SSSR count). The third kappa shape index (κ3) is 4.72. The van der Waals surface area contributed by atoms with Gasteiger partial charge < -0.3 is 4.74 Å². The van der Waals surface area contributed by atoms with Crippen LogP contribution in [0.2, 0.25) is 0 Å². The molecule has 8 heteroatoms. The van der Waals surface area contributed by atoms with Crippen molar-refractivity contribution in [1.82, 2.24) is 14.3 Å². The van der Waals surface area contributed by atoms with E-state index in [2.05, 4.69) is 11.9 Å². The maximum absolute atomic E-state index is 13.5. The fourth-order valence-corrected chi connectivity index (χ4v) is 4.90. The molecule has 0 N–H and O–H groups in total. The van der Waals surface area contributed by atoms with Crippen LogP contribution in [0.25, 0.3) is 11.7 Å². The van der Waals surface area contributed by atoms with Gasteiger partial charge in [0.05, 0.1) is 4.91 Å². The summed E-state index contributed by atoms with van der Waals surface area (Å²) in [6.45, 7) is 6.51. The van der Waals surface area contributed by atoms with Gasteiger partial charge in [-0.1, -0.05) is 68.0 Å². The first-order chi connectivity index (χ1) is 15.9. The largest absolute Gasteiger partial charge is 0.438 e. The number of aryl methyl sites for hydroxylation is 2. The molecule has 0 bridgehead atoms. The normalized spacial score (nSPS) is 15.1. The van der Waals surface area contributed by atoms with Crippen LogP contribution in [0.4, 0.5) is 0 Å². The fourth-order valence-electron chi connectivity index (χ4n) is 3.61. The van der Waals surface area contributed by atoms with Crippen molar-refractivity contribution < 1.29 is 9.53 Å². The second-order valence-electron chi connectivity index (χ2n) is 7.93. The predicted molar refractivity (Wildman–Crippen MR) is 137 cm³/mol. The molecule has 3 heterocycles. The number of hydrogen-bond donors (Lipinski definition) is 0. The van der Waals surface area contributed by atoms with Crippen LogP contribution < -0.4 is 10.3 Å². The Morgan fingerprint density at radius 1 is 1.09 bits per heavy atom. The van der Waals surface area contributed by atoms with E-state index in [1.165, 1.54) is 16.2 Å². The number of para-hydroxylation sites is 1. The number of aromatic nitrogens is 2. The lowest BCUT2D eigenvalue weighted by Crippen LogP contribution is -2.29. The highest BCUT2D eigenvalue weighted by Crippen LogP contribution is 2.34. The van der Waals surface area contributed by atoms with Crippen LogP contribution in [0.3, 0.4) is 0 Å². The van der Waals surface area contributed by atoms with E-state index in [1.54, 1.807) is 23.2 Å². The van der Waals surface area contributed by atoms with Gasteiger partial charge in [-0.05, 0) is 49.6 Å². The standard InChI is InChI=1S/C25H25N3O3S2/c1-4-5-8-13-28-24(30)20(33-25(28)32)15-18-22(31-19-12-7-6-10-16(19)2)26-21-17(3)11-9-14-27(21)23(18)29/h6-7,9-12,14-15H,4-5,8,13H2,1-3H3/b20-15+. The minimum Gasteiger partial charge on any atom is -0.438 e. The molecule has 0 spiro atoms. The lowest BCUT2D eigenvalue weighted by molar-refractivity contribution is -0.122. The van der Waals surface area contributed by atoms with Crippen LogP contribution in [0.5, 0.6) is 11.6 Å². The van der Waals surface area contributed by atoms with Crippen LogP contribution in [0.15, 0.2) is 52.3 Å². The van der Waals surface area contributed by atoms with Crippen molar-refractivity contribution in [3.63, 3.8) is 0 Å². The number of pyridine rings is 1. The molecule has 0 radical (unpaired) electrons. The molecule has 170 valence electrons. The lowest BCUT2D eigenvalue weighted by Gasteiger charge is -2.14. The summed E-state index contributed by atoms with van der Waals surface area (Å²) < 4.78 is 8.11. The van der Waals surface area contributed by atoms with Crippen LogP contribution in [0.1, 0.15) is 42.9 Å². The van der Waals surface area contributed by atoms with Crippen LogP contribution >= 0.6 is 24.0 Å². The average Bonchev–Trinajstić information content (AvgIpc) is 3.06. The monoisotopic (exact) mass is 479 g/mol. The van der Waals surface area contributed by atoms with E-state index in [1.807, 2.05) is 44.2 Å². The molecule has 1 aromatic carbocycles. The number of hydrogen-bond acceptors (Lipinski definition) is 6. The summed E-state index contributed by atoms with van der Waals surface area (Å²) >= 11 is 6.65. The molecule has 6 nitrogen and oxygen atoms in total. The topological polar surface area (TPSA) is 63.9 Å². The number of amides is 1. The Balaban J connectivity index is 1.82. The van der Waals surface area contributed by atoms with Crippen LogP contribution in [-0.4, -0.2) is 31.1 Å². The van der Waals surface area contributed by atoms with Gasteiger partial charge in [0.2, 0.25) is 5.88 Å². The maximum Gasteiger partial charge on any atom is 0.269 e. The molecule has 33 heavy (non-hydrogen) atoms. The molecule has 1 aliphatic rings. The second kappa shape index (κ2) is 9.89. The van der Waals surface area contributed by atoms with Gasteiger partial charge in [-0.25, -0.2) is 0 Å². The summed E-state index contributed by atoms with van der Waals surface area (Å²) in [6, 6.07) is 11.2. The molecular formula is C25H25N3O3S2. The van der Waals surface area contributed by atoms with Gasteiger partial charge in [0.1, 0.15) is 21.3 Å². The van der Waals surface area contributed by atoms with Crippen molar-refractivity contribution >= 4 is 45.9 Å². The zero-order valence-corrected chi connectivity index (χ0v) is 20.5. The molecule has 1 aliphatic heterocycles. The number of carbonyl (C=O) groups is 1. The van der Waals surface area contributed by atoms with E-state index >= 15 is 0 Å². The number of rotatable bonds is 7. The maximum atomic E-state index is 13.5. The smallest absolute Gasteiger partial charge is 0.269 e. The molecule has 1 amide bonds. The molecule has 0 unspecified atom stereocenters. The zero-order chi connectivity index (χ0) is 23.5. The van der Waals surface area contributed by atoms with Gasteiger partial charge >= 0.3 is 0 Å². The van der Waals surface area contributed by atoms with E-state index in [4.69, 9.17) is 17.0 Å². The summed E-state index contributed by atoms with van der Waals surface area (Å²) in [6.07, 6.45) is 6.21. The highest BCUT2D eigenvalue weighted by atomic mass is 32.2. The number of thioether (sulfide) groups is 1. The number of benzene rings is 1. The van der Waals surface area contributed by atoms with E-state index < -0.39 is 0 Å². The molecule has 0 atom stereocenters. The first-order valence-corrected chi connectivity index (χ1v) is 12.1. The van der Waals surface area contributed by atoms with Crippen molar-refractivity contribution in [2.24, 2.45) is 0 Å². The lowest BCUT2D eigenvalue weighted by atomic mass is 10.2. The van der Waals surface area contributed by atoms with Crippen molar-refractivity contribution in [2.45, 2.75) is 40.0 Å². The Kier molecular flexibility index (Phi) is 6.95. The molecule has 1 fully saturated rings. The van der Waals surface area contributed by atoms with E-state index in [9.17, 15) is 9.59 Å². The first-order valence-electron chi connectivity index (χ1n) is 10.9. The summed E-state index contributed by atoms with van der Waals surface area (Å²) in [7, 11) is 0. The number of ether oxygens (including phenoxy) is 1. The average molecular weight is 480 g/mol. The van der Waals surface area contributed by atoms with Crippen molar-refractivity contribution in [3.8, 4) is 11.6 Å². The SMILES string of the molecule is CCCCCN1C(=O)/C(=C\c2c(Oc3ccccc3C)nc3c(C)cccn3c2=O)SC1=S. The third-order valence-corrected chi connectivity index (χ3v) is 6.86. The Morgan fingerprint density at radius 3 is 2.61 bits per heavy atom. The summed E-state index contributed by atoms with van der Waals surface area (Å²) in [5.74, 6) is 0.584. The Labute approximate surface area is 202 Å². The van der Waals surface area contributed by atoms with Gasteiger partial charge in [-0.15, -0.1) is 0 Å². The van der Waals surface area contributed by atoms with Gasteiger partial charge in [0.25, 0.3) is 11.5 Å². The fraction of sp³-hybridized carbons (Fsp3) is 0.280. The van der Waals surface area contributed by atoms with E-state index in [0.29, 0.717) is 27.2 Å². The van der Waals surface area contributed by atoms with Crippen LogP contribution in [0, 0.1) is 13.8 Å². The number of nitrogens with zero attached hydrogens (tertiary/aromatic N) is 3. The molecular weight excluding hydrogens is 454 g/mol. The highest BCUT2D eigenvalue weighted by Gasteiger charge is 2.32. The van der Waals surface area contributed by atoms with Gasteiger partial charge in [-0.3, -0.25) is 18.9 Å². The predicted octanol–water partition coefficient (Wildman–Crippen LogP) is 5.50. The molecule has 2 aromatic heterocycles. The molecule has 0 saturated carbocycles. The highest BCUT2D eigenvalue weighted by molar-refractivity contribution is 8.26. The van der Waals surface area contributed by atoms with Gasteiger partial charge in [0, 0.05) is 12.7 Å². The molecule has 3 aromatic rings. The minimum atomic E-state index is -0.302. The number of fused-ring (bicyclic) bond motifs is 1. The number of thiocarbonyl (C=S) groups is 1. The van der Waals surface area contributed by atoms with Gasteiger partial charge in [-0.2, -0.15) is 4.98 Å². The number of unbranched alkanes of at least 4 members (excludes halogenated alkanes) is 2. The van der Waals surface area contributed by atoms with E-state index in [0.717, 1.165) is 30.4 Å². The Morgan fingerprint density at radius 2 is 1.85 bits per heavy atom. The molecule has 0 aliphatic carbocycles. The first kappa shape index (κ1) is 23.2. The molecule has 1 saturated heterocycles. The zero-order valence-electron chi connectivity index (χ0n) is 18.8. The van der Waals surface area contributed by atoms with Crippen molar-refractivity contribution in [3.05, 3.63) is 74.5 Å². The quantitative estimate of drug-likeness (QED) is 0.253. The van der Waals surface area contributed by atoms with Crippen LogP contribution in [-0.2, 0) is 4.79 Å². The second-order valence-corrected chi connectivity index (χ2v) is 9.60. The minimum absolute atomic E-state index is 0.167. The Bertz CT molecular complexity index is 1330.